The number of carbonyl (C=O) groups is 1. The van der Waals surface area contributed by atoms with Gasteiger partial charge in [0.15, 0.2) is 5.11 Å². The molecule has 2 aromatic rings. The highest BCUT2D eigenvalue weighted by Gasteiger charge is 2.34. The highest BCUT2D eigenvalue weighted by molar-refractivity contribution is 7.89. The van der Waals surface area contributed by atoms with Crippen LogP contribution in [-0.4, -0.2) is 68.2 Å². The summed E-state index contributed by atoms with van der Waals surface area (Å²) in [5, 5.41) is 3.50. The van der Waals surface area contributed by atoms with Crippen LogP contribution in [0, 0.1) is 0 Å². The van der Waals surface area contributed by atoms with Crippen molar-refractivity contribution < 1.29 is 22.7 Å². The number of thiocarbonyl (C=S) groups is 1. The molecule has 2 aromatic carbocycles. The number of rotatable bonds is 4. The van der Waals surface area contributed by atoms with Gasteiger partial charge >= 0.3 is 5.97 Å². The first-order valence-electron chi connectivity index (χ1n) is 10.3. The van der Waals surface area contributed by atoms with Crippen molar-refractivity contribution in [1.29, 1.82) is 0 Å². The van der Waals surface area contributed by atoms with Gasteiger partial charge in [0.1, 0.15) is 6.04 Å². The Balaban J connectivity index is 1.49. The van der Waals surface area contributed by atoms with Crippen molar-refractivity contribution >= 4 is 39.0 Å². The average Bonchev–Trinajstić information content (AvgIpc) is 2.83. The number of nitrogens with one attached hydrogen (secondary N) is 1. The highest BCUT2D eigenvalue weighted by Crippen LogP contribution is 2.26. The molecule has 0 saturated carbocycles. The molecule has 0 spiro atoms. The average molecular weight is 476 g/mol. The van der Waals surface area contributed by atoms with Crippen LogP contribution in [0.4, 0.5) is 5.69 Å². The van der Waals surface area contributed by atoms with Crippen LogP contribution >= 0.6 is 12.2 Å². The molecular weight excluding hydrogens is 450 g/mol. The minimum atomic E-state index is -3.56. The quantitative estimate of drug-likeness (QED) is 0.531. The van der Waals surface area contributed by atoms with Crippen molar-refractivity contribution in [3.05, 3.63) is 59.7 Å². The molecule has 1 fully saturated rings. The maximum absolute atomic E-state index is 12.8. The third-order valence-electron chi connectivity index (χ3n) is 5.70. The van der Waals surface area contributed by atoms with Crippen molar-refractivity contribution in [3.8, 4) is 0 Å². The van der Waals surface area contributed by atoms with Crippen LogP contribution < -0.4 is 5.32 Å². The van der Waals surface area contributed by atoms with E-state index >= 15 is 0 Å². The lowest BCUT2D eigenvalue weighted by molar-refractivity contribution is -0.145. The molecular formula is C22H25N3O5S2. The third-order valence-corrected chi connectivity index (χ3v) is 7.95. The van der Waals surface area contributed by atoms with E-state index in [-0.39, 0.29) is 10.9 Å². The van der Waals surface area contributed by atoms with Crippen LogP contribution in [0.1, 0.15) is 11.1 Å². The van der Waals surface area contributed by atoms with Crippen molar-refractivity contribution in [2.45, 2.75) is 23.9 Å². The van der Waals surface area contributed by atoms with Gasteiger partial charge in [0.05, 0.1) is 25.2 Å². The van der Waals surface area contributed by atoms with Gasteiger partial charge < -0.3 is 19.7 Å². The standard InChI is InChI=1S/C22H25N3O5S2/c1-29-21(26)20-14-16-4-2-3-5-17(16)15-25(20)22(31)23-18-6-8-19(9-7-18)32(27,28)24-10-12-30-13-11-24/h2-9,20H,10-15H2,1H3,(H,23,31)/t20-/m0/s1. The van der Waals surface area contributed by atoms with Gasteiger partial charge in [-0.1, -0.05) is 24.3 Å². The molecule has 10 heteroatoms. The van der Waals surface area contributed by atoms with Gasteiger partial charge in [-0.3, -0.25) is 0 Å². The van der Waals surface area contributed by atoms with Gasteiger partial charge in [-0.25, -0.2) is 13.2 Å². The Morgan fingerprint density at radius 3 is 2.41 bits per heavy atom. The van der Waals surface area contributed by atoms with E-state index in [0.29, 0.717) is 50.1 Å². The second-order valence-corrected chi connectivity index (χ2v) is 9.94. The molecule has 2 aliphatic heterocycles. The number of hydrogen-bond donors (Lipinski definition) is 1. The van der Waals surface area contributed by atoms with E-state index in [4.69, 9.17) is 21.7 Å². The Hall–Kier alpha value is -2.53. The van der Waals surface area contributed by atoms with Crippen molar-refractivity contribution in [3.63, 3.8) is 0 Å². The minimum Gasteiger partial charge on any atom is -0.467 e. The number of esters is 1. The Kier molecular flexibility index (Phi) is 6.75. The number of benzene rings is 2. The number of fused-ring (bicyclic) bond motifs is 1. The van der Waals surface area contributed by atoms with E-state index in [1.165, 1.54) is 11.4 Å². The summed E-state index contributed by atoms with van der Waals surface area (Å²) >= 11 is 5.60. The number of anilines is 1. The molecule has 1 saturated heterocycles. The van der Waals surface area contributed by atoms with Crippen molar-refractivity contribution in [2.24, 2.45) is 0 Å². The lowest BCUT2D eigenvalue weighted by Crippen LogP contribution is -2.50. The largest absolute Gasteiger partial charge is 0.467 e. The molecule has 0 aliphatic carbocycles. The Bertz CT molecular complexity index is 1100. The topological polar surface area (TPSA) is 88.2 Å². The fraction of sp³-hybridized carbons (Fsp3) is 0.364. The second-order valence-electron chi connectivity index (χ2n) is 7.61. The molecule has 0 unspecified atom stereocenters. The molecule has 4 rings (SSSR count). The predicted molar refractivity (Wildman–Crippen MR) is 124 cm³/mol. The smallest absolute Gasteiger partial charge is 0.328 e. The summed E-state index contributed by atoms with van der Waals surface area (Å²) in [5.74, 6) is -0.351. The van der Waals surface area contributed by atoms with E-state index < -0.39 is 16.1 Å². The number of hydrogen-bond acceptors (Lipinski definition) is 6. The molecule has 0 radical (unpaired) electrons. The van der Waals surface area contributed by atoms with E-state index in [0.717, 1.165) is 11.1 Å². The van der Waals surface area contributed by atoms with Gasteiger partial charge in [-0.2, -0.15) is 4.31 Å². The molecule has 1 atom stereocenters. The zero-order chi connectivity index (χ0) is 22.7. The third kappa shape index (κ3) is 4.63. The zero-order valence-electron chi connectivity index (χ0n) is 17.7. The number of carbonyl (C=O) groups excluding carboxylic acids is 1. The fourth-order valence-electron chi connectivity index (χ4n) is 3.92. The maximum atomic E-state index is 12.8. The molecule has 0 aromatic heterocycles. The van der Waals surface area contributed by atoms with E-state index in [1.54, 1.807) is 24.3 Å². The molecule has 32 heavy (non-hydrogen) atoms. The van der Waals surface area contributed by atoms with Crippen LogP contribution in [0.2, 0.25) is 0 Å². The summed E-state index contributed by atoms with van der Waals surface area (Å²) in [6.45, 7) is 1.96. The summed E-state index contributed by atoms with van der Waals surface area (Å²) in [6.07, 6.45) is 0.501. The maximum Gasteiger partial charge on any atom is 0.328 e. The molecule has 0 bridgehead atoms. The first-order chi connectivity index (χ1) is 15.4. The number of nitrogens with zero attached hydrogens (tertiary/aromatic N) is 2. The number of methoxy groups -OCH3 is 1. The summed E-state index contributed by atoms with van der Waals surface area (Å²) in [4.78, 5) is 14.4. The lowest BCUT2D eigenvalue weighted by atomic mass is 9.94. The molecule has 8 nitrogen and oxygen atoms in total. The van der Waals surface area contributed by atoms with Gasteiger partial charge in [0.2, 0.25) is 10.0 Å². The van der Waals surface area contributed by atoms with Gasteiger partial charge in [-0.05, 0) is 47.6 Å². The Morgan fingerprint density at radius 2 is 1.75 bits per heavy atom. The number of ether oxygens (including phenoxy) is 2. The van der Waals surface area contributed by atoms with Crippen LogP contribution in [0.5, 0.6) is 0 Å². The Morgan fingerprint density at radius 1 is 1.09 bits per heavy atom. The summed E-state index contributed by atoms with van der Waals surface area (Å²) < 4.78 is 37.3. The van der Waals surface area contributed by atoms with Gasteiger partial charge in [0.25, 0.3) is 0 Å². The molecule has 2 heterocycles. The summed E-state index contributed by atoms with van der Waals surface area (Å²) in [6, 6.07) is 13.9. The van der Waals surface area contributed by atoms with E-state index in [2.05, 4.69) is 5.32 Å². The number of morpholine rings is 1. The minimum absolute atomic E-state index is 0.218. The highest BCUT2D eigenvalue weighted by atomic mass is 32.2. The van der Waals surface area contributed by atoms with Crippen LogP contribution in [0.3, 0.4) is 0 Å². The van der Waals surface area contributed by atoms with Crippen LogP contribution in [0.25, 0.3) is 0 Å². The van der Waals surface area contributed by atoms with Crippen LogP contribution in [0.15, 0.2) is 53.4 Å². The normalized spacial score (nSPS) is 19.2. The SMILES string of the molecule is COC(=O)[C@@H]1Cc2ccccc2CN1C(=S)Nc1ccc(S(=O)(=O)N2CCOCC2)cc1. The van der Waals surface area contributed by atoms with E-state index in [1.807, 2.05) is 29.2 Å². The Labute approximate surface area is 193 Å². The van der Waals surface area contributed by atoms with Gasteiger partial charge in [-0.15, -0.1) is 0 Å². The molecule has 0 amide bonds. The van der Waals surface area contributed by atoms with Crippen molar-refractivity contribution in [2.75, 3.05) is 38.7 Å². The fourth-order valence-corrected chi connectivity index (χ4v) is 5.64. The van der Waals surface area contributed by atoms with Gasteiger partial charge in [0, 0.05) is 31.7 Å². The number of sulfonamides is 1. The first-order valence-corrected chi connectivity index (χ1v) is 12.1. The second kappa shape index (κ2) is 9.53. The monoisotopic (exact) mass is 475 g/mol. The van der Waals surface area contributed by atoms with E-state index in [9.17, 15) is 13.2 Å². The predicted octanol–water partition coefficient (Wildman–Crippen LogP) is 2.00. The van der Waals surface area contributed by atoms with Crippen LogP contribution in [-0.2, 0) is 37.3 Å². The van der Waals surface area contributed by atoms with Crippen molar-refractivity contribution in [1.82, 2.24) is 9.21 Å². The summed E-state index contributed by atoms with van der Waals surface area (Å²) in [5.41, 5.74) is 2.83. The zero-order valence-corrected chi connectivity index (χ0v) is 19.3. The molecule has 170 valence electrons. The molecule has 2 aliphatic rings. The molecule has 1 N–H and O–H groups in total. The summed E-state index contributed by atoms with van der Waals surface area (Å²) in [7, 11) is -2.20. The lowest BCUT2D eigenvalue weighted by Gasteiger charge is -2.37. The first kappa shape index (κ1) is 22.7.